The van der Waals surface area contributed by atoms with Crippen molar-refractivity contribution in [3.05, 3.63) is 51.0 Å². The normalized spacial score (nSPS) is 12.2. The molecule has 0 saturated carbocycles. The Kier molecular flexibility index (Phi) is 5.05. The first-order valence-corrected chi connectivity index (χ1v) is 7.27. The topological polar surface area (TPSA) is 96.2 Å². The molecule has 0 aliphatic carbocycles. The zero-order valence-electron chi connectivity index (χ0n) is 12.5. The Morgan fingerprint density at radius 3 is 2.82 bits per heavy atom. The highest BCUT2D eigenvalue weighted by atomic mass is 35.5. The number of ether oxygens (including phenoxy) is 1. The molecule has 6 nitrogen and oxygen atoms in total. The van der Waals surface area contributed by atoms with Gasteiger partial charge in [0, 0.05) is 23.3 Å². The van der Waals surface area contributed by atoms with Gasteiger partial charge in [0.1, 0.15) is 17.7 Å². The number of rotatable bonds is 5. The molecule has 1 aromatic heterocycles. The standard InChI is InChI=1S/C15H19ClN4O2/c1-9-5-12(16)6-11(14(9)22-10(2)7-17)8-20-4-3-13(18)19-15(20)21/h3-6,10H,7-8,17H2,1-2H3,(H2,18,19,21). The number of nitrogen functional groups attached to an aromatic ring is 1. The monoisotopic (exact) mass is 322 g/mol. The van der Waals surface area contributed by atoms with Gasteiger partial charge in [0.25, 0.3) is 0 Å². The Hall–Kier alpha value is -2.05. The summed E-state index contributed by atoms with van der Waals surface area (Å²) >= 11 is 6.12. The summed E-state index contributed by atoms with van der Waals surface area (Å²) in [7, 11) is 0. The zero-order valence-corrected chi connectivity index (χ0v) is 13.3. The molecular formula is C15H19ClN4O2. The lowest BCUT2D eigenvalue weighted by atomic mass is 10.1. The smallest absolute Gasteiger partial charge is 0.349 e. The van der Waals surface area contributed by atoms with Crippen molar-refractivity contribution in [3.8, 4) is 5.75 Å². The number of hydrogen-bond donors (Lipinski definition) is 2. The van der Waals surface area contributed by atoms with Crippen LogP contribution in [0.3, 0.4) is 0 Å². The second kappa shape index (κ2) is 6.81. The van der Waals surface area contributed by atoms with Gasteiger partial charge < -0.3 is 16.2 Å². The molecule has 0 spiro atoms. The third-order valence-corrected chi connectivity index (χ3v) is 3.42. The summed E-state index contributed by atoms with van der Waals surface area (Å²) in [6.07, 6.45) is 1.46. The van der Waals surface area contributed by atoms with E-state index in [-0.39, 0.29) is 11.9 Å². The summed E-state index contributed by atoms with van der Waals surface area (Å²) in [5, 5.41) is 0.580. The summed E-state index contributed by atoms with van der Waals surface area (Å²) in [6.45, 7) is 4.47. The first-order chi connectivity index (χ1) is 10.4. The average Bonchev–Trinajstić information content (AvgIpc) is 2.45. The molecule has 2 rings (SSSR count). The van der Waals surface area contributed by atoms with Crippen molar-refractivity contribution < 1.29 is 4.74 Å². The van der Waals surface area contributed by atoms with Gasteiger partial charge in [-0.2, -0.15) is 4.98 Å². The van der Waals surface area contributed by atoms with Gasteiger partial charge in [-0.1, -0.05) is 11.6 Å². The van der Waals surface area contributed by atoms with Gasteiger partial charge in [-0.15, -0.1) is 0 Å². The van der Waals surface area contributed by atoms with Gasteiger partial charge in [0.05, 0.1) is 6.54 Å². The van der Waals surface area contributed by atoms with Crippen LogP contribution in [0, 0.1) is 6.92 Å². The lowest BCUT2D eigenvalue weighted by Crippen LogP contribution is -2.26. The Morgan fingerprint density at radius 2 is 2.18 bits per heavy atom. The maximum atomic E-state index is 11.9. The van der Waals surface area contributed by atoms with E-state index in [2.05, 4.69) is 4.98 Å². The van der Waals surface area contributed by atoms with Gasteiger partial charge >= 0.3 is 5.69 Å². The molecule has 0 bridgehead atoms. The Labute approximate surface area is 133 Å². The molecule has 0 aliphatic rings. The molecular weight excluding hydrogens is 304 g/mol. The van der Waals surface area contributed by atoms with E-state index >= 15 is 0 Å². The van der Waals surface area contributed by atoms with Crippen molar-refractivity contribution >= 4 is 17.4 Å². The van der Waals surface area contributed by atoms with Crippen LogP contribution in [-0.4, -0.2) is 22.2 Å². The van der Waals surface area contributed by atoms with E-state index in [0.717, 1.165) is 11.1 Å². The fraction of sp³-hybridized carbons (Fsp3) is 0.333. The van der Waals surface area contributed by atoms with Crippen LogP contribution in [0.5, 0.6) is 5.75 Å². The fourth-order valence-electron chi connectivity index (χ4n) is 2.08. The number of aromatic nitrogens is 2. The number of anilines is 1. The molecule has 0 radical (unpaired) electrons. The van der Waals surface area contributed by atoms with Crippen molar-refractivity contribution in [2.24, 2.45) is 5.73 Å². The average molecular weight is 323 g/mol. The molecule has 4 N–H and O–H groups in total. The Bertz CT molecular complexity index is 730. The number of benzene rings is 1. The molecule has 1 atom stereocenters. The largest absolute Gasteiger partial charge is 0.489 e. The highest BCUT2D eigenvalue weighted by Gasteiger charge is 2.13. The lowest BCUT2D eigenvalue weighted by Gasteiger charge is -2.19. The molecule has 1 heterocycles. The van der Waals surface area contributed by atoms with Crippen LogP contribution in [0.25, 0.3) is 0 Å². The minimum absolute atomic E-state index is 0.139. The SMILES string of the molecule is Cc1cc(Cl)cc(Cn2ccc(N)nc2=O)c1OC(C)CN. The van der Waals surface area contributed by atoms with Gasteiger partial charge in [-0.05, 0) is 37.6 Å². The molecule has 1 unspecified atom stereocenters. The van der Waals surface area contributed by atoms with Crippen molar-refractivity contribution in [3.63, 3.8) is 0 Å². The van der Waals surface area contributed by atoms with Crippen molar-refractivity contribution in [2.45, 2.75) is 26.5 Å². The van der Waals surface area contributed by atoms with E-state index in [4.69, 9.17) is 27.8 Å². The van der Waals surface area contributed by atoms with Crippen molar-refractivity contribution in [2.75, 3.05) is 12.3 Å². The van der Waals surface area contributed by atoms with Gasteiger partial charge in [-0.3, -0.25) is 4.57 Å². The fourth-order valence-corrected chi connectivity index (χ4v) is 2.38. The second-order valence-electron chi connectivity index (χ2n) is 5.14. The number of hydrogen-bond acceptors (Lipinski definition) is 5. The van der Waals surface area contributed by atoms with Crippen LogP contribution in [0.15, 0.2) is 29.2 Å². The van der Waals surface area contributed by atoms with E-state index < -0.39 is 5.69 Å². The first-order valence-electron chi connectivity index (χ1n) is 6.89. The predicted molar refractivity (Wildman–Crippen MR) is 87.3 cm³/mol. The van der Waals surface area contributed by atoms with Crippen LogP contribution in [0.2, 0.25) is 5.02 Å². The quantitative estimate of drug-likeness (QED) is 0.871. The number of nitrogens with two attached hydrogens (primary N) is 2. The third kappa shape index (κ3) is 3.78. The second-order valence-corrected chi connectivity index (χ2v) is 5.57. The van der Waals surface area contributed by atoms with Gasteiger partial charge in [0.2, 0.25) is 0 Å². The predicted octanol–water partition coefficient (Wildman–Crippen LogP) is 1.56. The van der Waals surface area contributed by atoms with E-state index in [9.17, 15) is 4.79 Å². The lowest BCUT2D eigenvalue weighted by molar-refractivity contribution is 0.225. The van der Waals surface area contributed by atoms with Crippen LogP contribution >= 0.6 is 11.6 Å². The maximum absolute atomic E-state index is 11.9. The molecule has 0 aliphatic heterocycles. The van der Waals surface area contributed by atoms with Crippen molar-refractivity contribution in [1.82, 2.24) is 9.55 Å². The molecule has 1 aromatic carbocycles. The minimum atomic E-state index is -0.421. The molecule has 118 valence electrons. The summed E-state index contributed by atoms with van der Waals surface area (Å²) in [5.41, 5.74) is 12.4. The van der Waals surface area contributed by atoms with E-state index in [1.807, 2.05) is 19.9 Å². The minimum Gasteiger partial charge on any atom is -0.489 e. The highest BCUT2D eigenvalue weighted by Crippen LogP contribution is 2.29. The van der Waals surface area contributed by atoms with Crippen LogP contribution < -0.4 is 21.9 Å². The van der Waals surface area contributed by atoms with Gasteiger partial charge in [0.15, 0.2) is 0 Å². The van der Waals surface area contributed by atoms with Crippen LogP contribution in [0.4, 0.5) is 5.82 Å². The molecule has 22 heavy (non-hydrogen) atoms. The van der Waals surface area contributed by atoms with Gasteiger partial charge in [-0.25, -0.2) is 4.79 Å². The number of halogens is 1. The summed E-state index contributed by atoms with van der Waals surface area (Å²) in [5.74, 6) is 0.878. The first kappa shape index (κ1) is 16.3. The highest BCUT2D eigenvalue weighted by molar-refractivity contribution is 6.30. The molecule has 0 fully saturated rings. The van der Waals surface area contributed by atoms with E-state index in [0.29, 0.717) is 23.9 Å². The summed E-state index contributed by atoms with van der Waals surface area (Å²) in [6, 6.07) is 5.16. The number of nitrogens with zero attached hydrogens (tertiary/aromatic N) is 2. The summed E-state index contributed by atoms with van der Waals surface area (Å²) in [4.78, 5) is 15.6. The van der Waals surface area contributed by atoms with Crippen LogP contribution in [0.1, 0.15) is 18.1 Å². The molecule has 2 aromatic rings. The van der Waals surface area contributed by atoms with Crippen LogP contribution in [-0.2, 0) is 6.54 Å². The van der Waals surface area contributed by atoms with E-state index in [1.165, 1.54) is 4.57 Å². The molecule has 7 heteroatoms. The summed E-state index contributed by atoms with van der Waals surface area (Å²) < 4.78 is 7.32. The number of aryl methyl sites for hydroxylation is 1. The van der Waals surface area contributed by atoms with E-state index in [1.54, 1.807) is 18.3 Å². The van der Waals surface area contributed by atoms with Crippen molar-refractivity contribution in [1.29, 1.82) is 0 Å². The third-order valence-electron chi connectivity index (χ3n) is 3.20. The Morgan fingerprint density at radius 1 is 1.45 bits per heavy atom. The molecule has 0 saturated heterocycles. The maximum Gasteiger partial charge on any atom is 0.349 e. The molecule has 0 amide bonds. The Balaban J connectivity index is 2.42. The zero-order chi connectivity index (χ0) is 16.3.